The van der Waals surface area contributed by atoms with Gasteiger partial charge in [-0.2, -0.15) is 0 Å². The zero-order valence-electron chi connectivity index (χ0n) is 22.1. The molecule has 0 bridgehead atoms. The molecule has 5 atom stereocenters. The third-order valence-electron chi connectivity index (χ3n) is 5.62. The maximum absolute atomic E-state index is 12.7. The summed E-state index contributed by atoms with van der Waals surface area (Å²) >= 11 is 0. The van der Waals surface area contributed by atoms with Crippen molar-refractivity contribution in [3.05, 3.63) is 39.7 Å². The Labute approximate surface area is 222 Å². The first-order valence-corrected chi connectivity index (χ1v) is 11.8. The van der Waals surface area contributed by atoms with Crippen LogP contribution in [-0.2, 0) is 42.9 Å². The molecular formula is C26H28O13. The Morgan fingerprint density at radius 2 is 1.41 bits per heavy atom. The number of carbonyl (C=O) groups is 5. The van der Waals surface area contributed by atoms with Gasteiger partial charge in [0.05, 0.1) is 0 Å². The van der Waals surface area contributed by atoms with E-state index in [1.807, 2.05) is 0 Å². The van der Waals surface area contributed by atoms with Crippen LogP contribution in [0.1, 0.15) is 50.5 Å². The van der Waals surface area contributed by atoms with E-state index in [4.69, 9.17) is 32.8 Å². The number of fused-ring (bicyclic) bond motifs is 1. The van der Waals surface area contributed by atoms with Crippen molar-refractivity contribution in [1.82, 2.24) is 0 Å². The maximum atomic E-state index is 12.7. The Kier molecular flexibility index (Phi) is 9.07. The van der Waals surface area contributed by atoms with E-state index in [-0.39, 0.29) is 16.9 Å². The summed E-state index contributed by atoms with van der Waals surface area (Å²) in [6, 6.07) is 4.26. The number of Topliss-reactive ketones (excluding diaryl/α,β-unsaturated/α-hetero) is 1. The summed E-state index contributed by atoms with van der Waals surface area (Å²) in [6.45, 7) is 6.86. The van der Waals surface area contributed by atoms with E-state index in [1.54, 1.807) is 13.0 Å². The molecule has 1 saturated heterocycles. The fourth-order valence-corrected chi connectivity index (χ4v) is 4.21. The lowest BCUT2D eigenvalue weighted by atomic mass is 9.98. The third-order valence-corrected chi connectivity index (χ3v) is 5.62. The number of ether oxygens (including phenoxy) is 6. The summed E-state index contributed by atoms with van der Waals surface area (Å²) in [7, 11) is 0. The second-order valence-electron chi connectivity index (χ2n) is 8.81. The number of aryl methyl sites for hydroxylation is 1. The summed E-state index contributed by atoms with van der Waals surface area (Å²) in [5.74, 6) is -3.72. The molecule has 0 amide bonds. The van der Waals surface area contributed by atoms with Gasteiger partial charge < -0.3 is 32.8 Å². The number of hydrogen-bond donors (Lipinski definition) is 0. The summed E-state index contributed by atoms with van der Waals surface area (Å²) in [4.78, 5) is 72.2. The fraction of sp³-hybridized carbons (Fsp3) is 0.462. The van der Waals surface area contributed by atoms with E-state index in [9.17, 15) is 28.8 Å². The van der Waals surface area contributed by atoms with Crippen molar-refractivity contribution >= 4 is 40.6 Å². The number of benzene rings is 1. The Balaban J connectivity index is 2.15. The number of carbonyl (C=O) groups excluding carboxylic acids is 5. The van der Waals surface area contributed by atoms with Crippen molar-refractivity contribution in [2.75, 3.05) is 6.61 Å². The molecule has 2 aromatic rings. The molecule has 0 spiro atoms. The van der Waals surface area contributed by atoms with Crippen LogP contribution in [0.5, 0.6) is 5.75 Å². The maximum Gasteiger partial charge on any atom is 0.336 e. The van der Waals surface area contributed by atoms with Crippen LogP contribution in [0.25, 0.3) is 11.0 Å². The van der Waals surface area contributed by atoms with E-state index in [0.717, 1.165) is 27.7 Å². The fourth-order valence-electron chi connectivity index (χ4n) is 4.21. The molecule has 0 aliphatic carbocycles. The predicted octanol–water partition coefficient (Wildman–Crippen LogP) is 1.77. The van der Waals surface area contributed by atoms with Gasteiger partial charge in [0.25, 0.3) is 0 Å². The van der Waals surface area contributed by atoms with Gasteiger partial charge in [-0.25, -0.2) is 4.79 Å². The average molecular weight is 548 g/mol. The van der Waals surface area contributed by atoms with E-state index in [2.05, 4.69) is 0 Å². The SMILES string of the molecule is CC(=O)OC[C@H]1O[C@@H](Oc2ccc3c(C)cc(=O)oc3c2C(C)=O)[C@H](OC(C)=O)[C@@H](OC(C)=O)[C@H]1OC(C)=O. The van der Waals surface area contributed by atoms with Crippen molar-refractivity contribution < 1.29 is 56.8 Å². The third kappa shape index (κ3) is 6.99. The lowest BCUT2D eigenvalue weighted by Crippen LogP contribution is -2.63. The lowest BCUT2D eigenvalue weighted by molar-refractivity contribution is -0.288. The molecule has 13 nitrogen and oxygen atoms in total. The molecule has 1 aromatic carbocycles. The Morgan fingerprint density at radius 1 is 0.821 bits per heavy atom. The normalized spacial score (nSPS) is 22.5. The van der Waals surface area contributed by atoms with Crippen LogP contribution >= 0.6 is 0 Å². The standard InChI is InChI=1S/C26H28O13/c1-11-9-20(32)39-22-17(11)7-8-18(21(22)12(2)27)37-26-25(36-16(6)31)24(35-15(5)30)23(34-14(4)29)19(38-26)10-33-13(3)28/h7-9,19,23-26H,10H2,1-6H3/t19-,23+,24+,25-,26-/m1/s1. The summed E-state index contributed by atoms with van der Waals surface area (Å²) in [5.41, 5.74) is -0.258. The van der Waals surface area contributed by atoms with Crippen LogP contribution in [0.2, 0.25) is 0 Å². The topological polar surface area (TPSA) is 171 Å². The van der Waals surface area contributed by atoms with Gasteiger partial charge in [-0.1, -0.05) is 0 Å². The van der Waals surface area contributed by atoms with E-state index in [0.29, 0.717) is 10.9 Å². The first-order chi connectivity index (χ1) is 18.3. The van der Waals surface area contributed by atoms with Gasteiger partial charge in [0.15, 0.2) is 23.6 Å². The van der Waals surface area contributed by atoms with Gasteiger partial charge >= 0.3 is 29.5 Å². The van der Waals surface area contributed by atoms with E-state index >= 15 is 0 Å². The second-order valence-corrected chi connectivity index (χ2v) is 8.81. The molecule has 0 N–H and O–H groups in total. The Hall–Kier alpha value is -4.26. The molecule has 1 fully saturated rings. The van der Waals surface area contributed by atoms with E-state index < -0.39 is 72.6 Å². The minimum absolute atomic E-state index is 0.0318. The minimum atomic E-state index is -1.57. The Bertz CT molecular complexity index is 1360. The lowest BCUT2D eigenvalue weighted by Gasteiger charge is -2.44. The van der Waals surface area contributed by atoms with Gasteiger partial charge in [0, 0.05) is 39.1 Å². The molecule has 39 heavy (non-hydrogen) atoms. The highest BCUT2D eigenvalue weighted by Crippen LogP contribution is 2.35. The molecule has 1 aliphatic rings. The Morgan fingerprint density at radius 3 is 1.97 bits per heavy atom. The number of esters is 4. The smallest absolute Gasteiger partial charge is 0.336 e. The molecule has 2 heterocycles. The van der Waals surface area contributed by atoms with Crippen LogP contribution in [0.15, 0.2) is 27.4 Å². The quantitative estimate of drug-likeness (QED) is 0.202. The average Bonchev–Trinajstić information content (AvgIpc) is 2.80. The number of ketones is 1. The van der Waals surface area contributed by atoms with Crippen molar-refractivity contribution in [2.24, 2.45) is 0 Å². The molecule has 1 aromatic heterocycles. The molecule has 0 saturated carbocycles. The highest BCUT2D eigenvalue weighted by molar-refractivity contribution is 6.07. The van der Waals surface area contributed by atoms with Crippen LogP contribution in [0, 0.1) is 6.92 Å². The molecular weight excluding hydrogens is 520 g/mol. The highest BCUT2D eigenvalue weighted by atomic mass is 16.7. The summed E-state index contributed by atoms with van der Waals surface area (Å²) < 4.78 is 38.4. The number of hydrogen-bond acceptors (Lipinski definition) is 13. The largest absolute Gasteiger partial charge is 0.463 e. The van der Waals surface area contributed by atoms with Crippen LogP contribution in [0.3, 0.4) is 0 Å². The van der Waals surface area contributed by atoms with Crippen LogP contribution in [-0.4, -0.2) is 67.0 Å². The molecule has 13 heteroatoms. The predicted molar refractivity (Wildman–Crippen MR) is 130 cm³/mol. The number of rotatable bonds is 8. The zero-order valence-corrected chi connectivity index (χ0v) is 22.1. The molecule has 3 rings (SSSR count). The molecule has 1 aliphatic heterocycles. The van der Waals surface area contributed by atoms with Crippen molar-refractivity contribution in [1.29, 1.82) is 0 Å². The van der Waals surface area contributed by atoms with Gasteiger partial charge in [0.1, 0.15) is 24.0 Å². The van der Waals surface area contributed by atoms with E-state index in [1.165, 1.54) is 19.1 Å². The van der Waals surface area contributed by atoms with Gasteiger partial charge in [-0.15, -0.1) is 0 Å². The summed E-state index contributed by atoms with van der Waals surface area (Å²) in [6.07, 6.45) is -7.17. The first kappa shape index (κ1) is 29.3. The zero-order chi connectivity index (χ0) is 29.0. The van der Waals surface area contributed by atoms with Gasteiger partial charge in [-0.05, 0) is 31.5 Å². The second kappa shape index (κ2) is 12.1. The van der Waals surface area contributed by atoms with Crippen molar-refractivity contribution in [3.63, 3.8) is 0 Å². The monoisotopic (exact) mass is 548 g/mol. The molecule has 0 radical (unpaired) electrons. The van der Waals surface area contributed by atoms with Crippen LogP contribution < -0.4 is 10.4 Å². The molecule has 0 unspecified atom stereocenters. The first-order valence-electron chi connectivity index (χ1n) is 11.8. The summed E-state index contributed by atoms with van der Waals surface area (Å²) in [5, 5.41) is 0.480. The van der Waals surface area contributed by atoms with Gasteiger partial charge in [0.2, 0.25) is 12.4 Å². The van der Waals surface area contributed by atoms with Crippen LogP contribution in [0.4, 0.5) is 0 Å². The highest BCUT2D eigenvalue weighted by Gasteiger charge is 2.53. The van der Waals surface area contributed by atoms with Gasteiger partial charge in [-0.3, -0.25) is 24.0 Å². The minimum Gasteiger partial charge on any atom is -0.463 e. The molecule has 210 valence electrons. The van der Waals surface area contributed by atoms with Crippen molar-refractivity contribution in [2.45, 2.75) is 72.2 Å². The van der Waals surface area contributed by atoms with Crippen molar-refractivity contribution in [3.8, 4) is 5.75 Å².